The molecule has 1 amide bonds. The summed E-state index contributed by atoms with van der Waals surface area (Å²) in [7, 11) is -4.40. The van der Waals surface area contributed by atoms with Crippen molar-refractivity contribution in [2.24, 2.45) is 0 Å². The lowest BCUT2D eigenvalue weighted by atomic mass is 10.0. The van der Waals surface area contributed by atoms with Crippen LogP contribution in [0.3, 0.4) is 0 Å². The van der Waals surface area contributed by atoms with Gasteiger partial charge in [-0.3, -0.25) is 18.6 Å². The van der Waals surface area contributed by atoms with E-state index in [0.717, 1.165) is 38.5 Å². The maximum absolute atomic E-state index is 12.1. The van der Waals surface area contributed by atoms with Gasteiger partial charge in [-0.05, 0) is 12.8 Å². The van der Waals surface area contributed by atoms with Gasteiger partial charge in [-0.1, -0.05) is 181 Å². The highest BCUT2D eigenvalue weighted by Gasteiger charge is 2.23. The van der Waals surface area contributed by atoms with E-state index in [1.54, 1.807) is 0 Å². The fraction of sp³-hybridized carbons (Fsp3) is 0.949. The zero-order chi connectivity index (χ0) is 36.1. The Kier molecular flexibility index (Phi) is 36.0. The number of hydrogen-bond acceptors (Lipinski definition) is 7. The van der Waals surface area contributed by atoms with Gasteiger partial charge in [0.2, 0.25) is 5.91 Å². The van der Waals surface area contributed by atoms with Gasteiger partial charge in [-0.25, -0.2) is 4.57 Å². The summed E-state index contributed by atoms with van der Waals surface area (Å²) >= 11 is 0. The number of esters is 1. The van der Waals surface area contributed by atoms with Gasteiger partial charge in [0.05, 0.1) is 13.2 Å². The minimum Gasteiger partial charge on any atom is -0.463 e. The minimum atomic E-state index is -4.40. The van der Waals surface area contributed by atoms with Crippen molar-refractivity contribution in [3.63, 3.8) is 0 Å². The van der Waals surface area contributed by atoms with Gasteiger partial charge in [-0.2, -0.15) is 0 Å². The smallest absolute Gasteiger partial charge is 0.463 e. The van der Waals surface area contributed by atoms with Crippen molar-refractivity contribution >= 4 is 19.7 Å². The molecule has 10 heteroatoms. The first-order valence-corrected chi connectivity index (χ1v) is 22.0. The predicted octanol–water partition coefficient (Wildman–Crippen LogP) is 10.9. The van der Waals surface area contributed by atoms with Crippen molar-refractivity contribution in [3.8, 4) is 0 Å². The summed E-state index contributed by atoms with van der Waals surface area (Å²) in [6, 6.07) is 0. The number of rotatable bonds is 39. The van der Waals surface area contributed by atoms with E-state index in [1.807, 2.05) is 0 Å². The topological polar surface area (TPSA) is 131 Å². The van der Waals surface area contributed by atoms with E-state index in [1.165, 1.54) is 141 Å². The number of carbonyl (C=O) groups excluding carboxylic acids is 2. The fourth-order valence-corrected chi connectivity index (χ4v) is 6.67. The number of hydrogen-bond donors (Lipinski definition) is 3. The molecule has 49 heavy (non-hydrogen) atoms. The number of unbranched alkanes of at least 4 members (excludes halogenated alkanes) is 26. The quantitative estimate of drug-likeness (QED) is 0.0325. The van der Waals surface area contributed by atoms with Gasteiger partial charge in [0.25, 0.3) is 0 Å². The van der Waals surface area contributed by atoms with Gasteiger partial charge in [-0.15, -0.1) is 0 Å². The Balaban J connectivity index is 3.57. The second-order valence-corrected chi connectivity index (χ2v) is 15.4. The molecular formula is C39H78NO8P. The molecule has 292 valence electrons. The van der Waals surface area contributed by atoms with Crippen LogP contribution in [0, 0.1) is 0 Å². The van der Waals surface area contributed by atoms with Crippen LogP contribution < -0.4 is 5.32 Å². The van der Waals surface area contributed by atoms with Gasteiger partial charge >= 0.3 is 13.8 Å². The Labute approximate surface area is 301 Å². The normalized spacial score (nSPS) is 13.3. The summed E-state index contributed by atoms with van der Waals surface area (Å²) in [5, 5.41) is 12.7. The van der Waals surface area contributed by atoms with Gasteiger partial charge in [0, 0.05) is 19.4 Å². The van der Waals surface area contributed by atoms with E-state index in [9.17, 15) is 24.2 Å². The number of phosphoric acid groups is 1. The fourth-order valence-electron chi connectivity index (χ4n) is 5.91. The van der Waals surface area contributed by atoms with E-state index in [2.05, 4.69) is 19.2 Å². The van der Waals surface area contributed by atoms with Crippen LogP contribution in [0.15, 0.2) is 0 Å². The van der Waals surface area contributed by atoms with E-state index < -0.39 is 26.5 Å². The maximum atomic E-state index is 12.1. The third-order valence-corrected chi connectivity index (χ3v) is 10.0. The van der Waals surface area contributed by atoms with Crippen LogP contribution in [0.2, 0.25) is 0 Å². The third-order valence-electron chi connectivity index (χ3n) is 9.04. The van der Waals surface area contributed by atoms with E-state index in [-0.39, 0.29) is 25.7 Å². The molecule has 0 rings (SSSR count). The second kappa shape index (κ2) is 36.8. The highest BCUT2D eigenvalue weighted by atomic mass is 31.2. The van der Waals surface area contributed by atoms with E-state index in [0.29, 0.717) is 12.8 Å². The lowest BCUT2D eigenvalue weighted by Crippen LogP contribution is -2.27. The number of amides is 1. The standard InChI is InChI=1S/C39H78NO8P/c1-3-5-7-9-11-13-15-17-18-19-20-22-24-26-28-30-32-39(43)46-35-37(41)36-48-49(44,45)47-34-33-40-38(42)31-29-27-25-23-21-16-14-12-10-8-6-4-2/h37,41H,3-36H2,1-2H3,(H,40,42)(H,44,45). The Hall–Kier alpha value is -0.990. The predicted molar refractivity (Wildman–Crippen MR) is 202 cm³/mol. The molecule has 0 spiro atoms. The van der Waals surface area contributed by atoms with Gasteiger partial charge in [0.1, 0.15) is 12.7 Å². The molecule has 0 aromatic rings. The van der Waals surface area contributed by atoms with Gasteiger partial charge in [0.15, 0.2) is 0 Å². The van der Waals surface area contributed by atoms with E-state index >= 15 is 0 Å². The van der Waals surface area contributed by atoms with Crippen LogP contribution in [0.5, 0.6) is 0 Å². The first kappa shape index (κ1) is 48.0. The molecule has 0 fully saturated rings. The summed E-state index contributed by atoms with van der Waals surface area (Å²) < 4.78 is 26.8. The van der Waals surface area contributed by atoms with Gasteiger partial charge < -0.3 is 20.1 Å². The van der Waals surface area contributed by atoms with Crippen molar-refractivity contribution in [2.75, 3.05) is 26.4 Å². The highest BCUT2D eigenvalue weighted by molar-refractivity contribution is 7.47. The lowest BCUT2D eigenvalue weighted by Gasteiger charge is -2.15. The van der Waals surface area contributed by atoms with Crippen molar-refractivity contribution in [3.05, 3.63) is 0 Å². The number of aliphatic hydroxyl groups is 1. The molecule has 0 saturated heterocycles. The monoisotopic (exact) mass is 720 g/mol. The van der Waals surface area contributed by atoms with Crippen LogP contribution in [-0.2, 0) is 27.9 Å². The first-order chi connectivity index (χ1) is 23.8. The lowest BCUT2D eigenvalue weighted by molar-refractivity contribution is -0.147. The molecule has 0 bridgehead atoms. The number of nitrogens with one attached hydrogen (secondary N) is 1. The van der Waals surface area contributed by atoms with Crippen molar-refractivity contribution < 1.29 is 37.9 Å². The zero-order valence-electron chi connectivity index (χ0n) is 31.9. The van der Waals surface area contributed by atoms with Crippen LogP contribution in [0.1, 0.15) is 206 Å². The molecule has 0 radical (unpaired) electrons. The van der Waals surface area contributed by atoms with E-state index in [4.69, 9.17) is 13.8 Å². The summed E-state index contributed by atoms with van der Waals surface area (Å²) in [5.74, 6) is -0.506. The average molecular weight is 720 g/mol. The summed E-state index contributed by atoms with van der Waals surface area (Å²) in [6.07, 6.45) is 34.6. The molecule has 0 aromatic heterocycles. The number of aliphatic hydroxyl groups excluding tert-OH is 1. The number of ether oxygens (including phenoxy) is 1. The Morgan fingerprint density at radius 3 is 1.33 bits per heavy atom. The Morgan fingerprint density at radius 1 is 0.551 bits per heavy atom. The summed E-state index contributed by atoms with van der Waals surface area (Å²) in [4.78, 5) is 33.8. The van der Waals surface area contributed by atoms with Crippen molar-refractivity contribution in [2.45, 2.75) is 213 Å². The maximum Gasteiger partial charge on any atom is 0.472 e. The Morgan fingerprint density at radius 2 is 0.918 bits per heavy atom. The zero-order valence-corrected chi connectivity index (χ0v) is 32.8. The molecule has 2 atom stereocenters. The first-order valence-electron chi connectivity index (χ1n) is 20.5. The summed E-state index contributed by atoms with van der Waals surface area (Å²) in [6.45, 7) is 3.58. The van der Waals surface area contributed by atoms with Crippen molar-refractivity contribution in [1.82, 2.24) is 5.32 Å². The molecule has 0 aliphatic carbocycles. The molecule has 0 saturated carbocycles. The minimum absolute atomic E-state index is 0.0878. The number of carbonyl (C=O) groups is 2. The van der Waals surface area contributed by atoms with Crippen LogP contribution in [0.4, 0.5) is 0 Å². The summed E-state index contributed by atoms with van der Waals surface area (Å²) in [5.41, 5.74) is 0. The van der Waals surface area contributed by atoms with Crippen LogP contribution in [0.25, 0.3) is 0 Å². The van der Waals surface area contributed by atoms with Crippen LogP contribution in [-0.4, -0.2) is 54.3 Å². The molecule has 0 aliphatic rings. The molecule has 0 heterocycles. The van der Waals surface area contributed by atoms with Crippen LogP contribution >= 0.6 is 7.82 Å². The molecule has 0 aliphatic heterocycles. The third kappa shape index (κ3) is 38.1. The largest absolute Gasteiger partial charge is 0.472 e. The molecular weight excluding hydrogens is 641 g/mol. The SMILES string of the molecule is CCCCCCCCCCCCCCCCCCC(=O)OCC(O)COP(=O)(O)OCCNC(=O)CCCCCCCCCCCCCC. The molecule has 0 aromatic carbocycles. The highest BCUT2D eigenvalue weighted by Crippen LogP contribution is 2.42. The molecule has 3 N–H and O–H groups in total. The molecule has 2 unspecified atom stereocenters. The second-order valence-electron chi connectivity index (χ2n) is 14.0. The average Bonchev–Trinajstić information content (AvgIpc) is 3.08. The number of phosphoric ester groups is 1. The molecule has 9 nitrogen and oxygen atoms in total. The van der Waals surface area contributed by atoms with Crippen molar-refractivity contribution in [1.29, 1.82) is 0 Å². The Bertz CT molecular complexity index is 784.